The first-order chi connectivity index (χ1) is 13.5. The lowest BCUT2D eigenvalue weighted by molar-refractivity contribution is -0.120. The molecule has 4 rings (SSSR count). The van der Waals surface area contributed by atoms with Gasteiger partial charge in [0.15, 0.2) is 0 Å². The van der Waals surface area contributed by atoms with E-state index in [9.17, 15) is 15.2 Å². The van der Waals surface area contributed by atoms with E-state index in [1.807, 2.05) is 28.8 Å². The van der Waals surface area contributed by atoms with Crippen molar-refractivity contribution in [2.24, 2.45) is 0 Å². The van der Waals surface area contributed by atoms with Crippen molar-refractivity contribution in [1.82, 2.24) is 9.55 Å². The van der Waals surface area contributed by atoms with E-state index in [0.29, 0.717) is 17.1 Å². The number of carbonyl (C=O) groups is 1. The molecule has 2 N–H and O–H groups in total. The van der Waals surface area contributed by atoms with E-state index in [0.717, 1.165) is 30.3 Å². The van der Waals surface area contributed by atoms with E-state index in [2.05, 4.69) is 16.4 Å². The molecule has 0 unspecified atom stereocenters. The van der Waals surface area contributed by atoms with E-state index < -0.39 is 5.60 Å². The van der Waals surface area contributed by atoms with Crippen LogP contribution >= 0.6 is 0 Å². The van der Waals surface area contributed by atoms with Gasteiger partial charge in [0.05, 0.1) is 34.7 Å². The lowest BCUT2D eigenvalue weighted by Gasteiger charge is -2.29. The summed E-state index contributed by atoms with van der Waals surface area (Å²) >= 11 is 0. The SMILES string of the molecule is C[C@@](O)(CC(=O)Nc1nc2ccc(C#N)cc2n1C1CCC1)c1ccccc1. The number of hydrogen-bond donors (Lipinski definition) is 2. The predicted molar refractivity (Wildman–Crippen MR) is 107 cm³/mol. The zero-order valence-corrected chi connectivity index (χ0v) is 15.7. The van der Waals surface area contributed by atoms with Gasteiger partial charge in [-0.15, -0.1) is 0 Å². The number of amides is 1. The van der Waals surface area contributed by atoms with Crippen LogP contribution in [-0.2, 0) is 10.4 Å². The van der Waals surface area contributed by atoms with Crippen LogP contribution in [0.25, 0.3) is 11.0 Å². The number of fused-ring (bicyclic) bond motifs is 1. The van der Waals surface area contributed by atoms with E-state index in [-0.39, 0.29) is 18.4 Å². The lowest BCUT2D eigenvalue weighted by atomic mass is 9.92. The molecule has 6 nitrogen and oxygen atoms in total. The van der Waals surface area contributed by atoms with Crippen LogP contribution in [0.15, 0.2) is 48.5 Å². The monoisotopic (exact) mass is 374 g/mol. The summed E-state index contributed by atoms with van der Waals surface area (Å²) in [6.45, 7) is 1.63. The molecule has 0 radical (unpaired) electrons. The van der Waals surface area contributed by atoms with Gasteiger partial charge in [-0.1, -0.05) is 30.3 Å². The average molecular weight is 374 g/mol. The first-order valence-corrected chi connectivity index (χ1v) is 9.48. The Morgan fingerprint density at radius 1 is 1.32 bits per heavy atom. The largest absolute Gasteiger partial charge is 0.385 e. The minimum absolute atomic E-state index is 0.0751. The normalized spacial score (nSPS) is 16.2. The standard InChI is InChI=1S/C22H22N4O2/c1-22(28,16-6-3-2-4-7-16)13-20(27)25-21-24-18-11-10-15(14-23)12-19(18)26(21)17-8-5-9-17/h2-4,6-7,10-12,17,28H,5,8-9,13H2,1H3,(H,24,25,27)/t22-/m1/s1. The number of imidazole rings is 1. The first-order valence-electron chi connectivity index (χ1n) is 9.48. The zero-order valence-electron chi connectivity index (χ0n) is 15.7. The fourth-order valence-electron chi connectivity index (χ4n) is 3.65. The number of nitrogens with one attached hydrogen (secondary N) is 1. The third kappa shape index (κ3) is 3.37. The van der Waals surface area contributed by atoms with Crippen molar-refractivity contribution in [3.05, 3.63) is 59.7 Å². The number of carbonyl (C=O) groups excluding carboxylic acids is 1. The Morgan fingerprint density at radius 2 is 2.07 bits per heavy atom. The van der Waals surface area contributed by atoms with E-state index in [4.69, 9.17) is 0 Å². The van der Waals surface area contributed by atoms with Gasteiger partial charge in [0.2, 0.25) is 11.9 Å². The van der Waals surface area contributed by atoms with Crippen molar-refractivity contribution in [2.45, 2.75) is 44.2 Å². The molecule has 1 aromatic heterocycles. The van der Waals surface area contributed by atoms with Crippen LogP contribution in [0.1, 0.15) is 49.8 Å². The molecular weight excluding hydrogens is 352 g/mol. The Hall–Kier alpha value is -3.17. The average Bonchev–Trinajstić information content (AvgIpc) is 2.97. The van der Waals surface area contributed by atoms with Gasteiger partial charge in [-0.2, -0.15) is 5.26 Å². The Bertz CT molecular complexity index is 1060. The summed E-state index contributed by atoms with van der Waals surface area (Å²) < 4.78 is 2.02. The smallest absolute Gasteiger partial charge is 0.229 e. The van der Waals surface area contributed by atoms with E-state index in [1.54, 1.807) is 31.2 Å². The van der Waals surface area contributed by atoms with Crippen LogP contribution in [0.5, 0.6) is 0 Å². The van der Waals surface area contributed by atoms with Crippen LogP contribution in [0.4, 0.5) is 5.95 Å². The quantitative estimate of drug-likeness (QED) is 0.709. The summed E-state index contributed by atoms with van der Waals surface area (Å²) in [5.41, 5.74) is 1.59. The van der Waals surface area contributed by atoms with Crippen LogP contribution < -0.4 is 5.32 Å². The summed E-state index contributed by atoms with van der Waals surface area (Å²) in [5, 5.41) is 22.8. The summed E-state index contributed by atoms with van der Waals surface area (Å²) in [6, 6.07) is 16.9. The topological polar surface area (TPSA) is 90.9 Å². The molecule has 0 spiro atoms. The number of aliphatic hydroxyl groups is 1. The van der Waals surface area contributed by atoms with Gasteiger partial charge >= 0.3 is 0 Å². The molecule has 0 saturated heterocycles. The second-order valence-corrected chi connectivity index (χ2v) is 7.57. The van der Waals surface area contributed by atoms with Crippen LogP contribution in [0, 0.1) is 11.3 Å². The first kappa shape index (κ1) is 18.2. The van der Waals surface area contributed by atoms with Crippen molar-refractivity contribution in [3.8, 4) is 6.07 Å². The molecule has 1 atom stereocenters. The minimum Gasteiger partial charge on any atom is -0.385 e. The number of rotatable bonds is 5. The molecule has 1 amide bonds. The molecule has 3 aromatic rings. The Balaban J connectivity index is 1.62. The number of benzene rings is 2. The van der Waals surface area contributed by atoms with Crippen molar-refractivity contribution in [1.29, 1.82) is 5.26 Å². The lowest BCUT2D eigenvalue weighted by Crippen LogP contribution is -2.30. The maximum absolute atomic E-state index is 12.7. The van der Waals surface area contributed by atoms with Crippen molar-refractivity contribution in [2.75, 3.05) is 5.32 Å². The van der Waals surface area contributed by atoms with Crippen LogP contribution in [-0.4, -0.2) is 20.6 Å². The van der Waals surface area contributed by atoms with Crippen molar-refractivity contribution in [3.63, 3.8) is 0 Å². The van der Waals surface area contributed by atoms with Gasteiger partial charge in [-0.05, 0) is 49.9 Å². The summed E-state index contributed by atoms with van der Waals surface area (Å²) in [5.74, 6) is 0.175. The maximum Gasteiger partial charge on any atom is 0.229 e. The number of nitriles is 1. The van der Waals surface area contributed by atoms with Crippen LogP contribution in [0.2, 0.25) is 0 Å². The molecular formula is C22H22N4O2. The van der Waals surface area contributed by atoms with Gasteiger partial charge in [0, 0.05) is 6.04 Å². The van der Waals surface area contributed by atoms with Gasteiger partial charge in [0.1, 0.15) is 0 Å². The number of aromatic nitrogens is 2. The third-order valence-electron chi connectivity index (χ3n) is 5.41. The molecule has 1 heterocycles. The molecule has 1 fully saturated rings. The number of hydrogen-bond acceptors (Lipinski definition) is 4. The summed E-state index contributed by atoms with van der Waals surface area (Å²) in [6.07, 6.45) is 3.10. The molecule has 1 aliphatic rings. The highest BCUT2D eigenvalue weighted by molar-refractivity contribution is 5.92. The molecule has 28 heavy (non-hydrogen) atoms. The molecule has 1 aliphatic carbocycles. The second-order valence-electron chi connectivity index (χ2n) is 7.57. The third-order valence-corrected chi connectivity index (χ3v) is 5.41. The molecule has 142 valence electrons. The maximum atomic E-state index is 12.7. The highest BCUT2D eigenvalue weighted by atomic mass is 16.3. The Morgan fingerprint density at radius 3 is 2.71 bits per heavy atom. The van der Waals surface area contributed by atoms with E-state index in [1.165, 1.54) is 0 Å². The summed E-state index contributed by atoms with van der Waals surface area (Å²) in [4.78, 5) is 17.3. The minimum atomic E-state index is -1.27. The van der Waals surface area contributed by atoms with Gasteiger partial charge in [-0.3, -0.25) is 10.1 Å². The second kappa shape index (κ2) is 7.10. The van der Waals surface area contributed by atoms with Crippen molar-refractivity contribution < 1.29 is 9.90 Å². The summed E-state index contributed by atoms with van der Waals surface area (Å²) in [7, 11) is 0. The molecule has 0 aliphatic heterocycles. The fourth-order valence-corrected chi connectivity index (χ4v) is 3.65. The Kier molecular flexibility index (Phi) is 4.62. The highest BCUT2D eigenvalue weighted by Gasteiger charge is 2.29. The molecule has 6 heteroatoms. The number of anilines is 1. The Labute approximate surface area is 163 Å². The molecule has 2 aromatic carbocycles. The highest BCUT2D eigenvalue weighted by Crippen LogP contribution is 2.37. The fraction of sp³-hybridized carbons (Fsp3) is 0.318. The van der Waals surface area contributed by atoms with E-state index >= 15 is 0 Å². The zero-order chi connectivity index (χ0) is 19.7. The van der Waals surface area contributed by atoms with Gasteiger partial charge in [0.25, 0.3) is 0 Å². The van der Waals surface area contributed by atoms with Gasteiger partial charge < -0.3 is 9.67 Å². The van der Waals surface area contributed by atoms with Gasteiger partial charge in [-0.25, -0.2) is 4.98 Å². The van der Waals surface area contributed by atoms with Crippen molar-refractivity contribution >= 4 is 22.9 Å². The predicted octanol–water partition coefficient (Wildman–Crippen LogP) is 3.87. The number of nitrogens with zero attached hydrogens (tertiary/aromatic N) is 3. The molecule has 1 saturated carbocycles. The van der Waals surface area contributed by atoms with Crippen LogP contribution in [0.3, 0.4) is 0 Å². The molecule has 0 bridgehead atoms.